The Hall–Kier alpha value is -0.730. The van der Waals surface area contributed by atoms with E-state index >= 15 is 0 Å². The van der Waals surface area contributed by atoms with Gasteiger partial charge in [0, 0.05) is 19.0 Å². The minimum Gasteiger partial charge on any atom is -0.409 e. The predicted molar refractivity (Wildman–Crippen MR) is 44.9 cm³/mol. The van der Waals surface area contributed by atoms with Gasteiger partial charge in [0.2, 0.25) is 0 Å². The molecule has 0 bridgehead atoms. The summed E-state index contributed by atoms with van der Waals surface area (Å²) in [6.07, 6.45) is 2.46. The molecule has 11 heavy (non-hydrogen) atoms. The largest absolute Gasteiger partial charge is 0.409 e. The molecule has 3 heteroatoms. The van der Waals surface area contributed by atoms with Gasteiger partial charge in [0.05, 0.1) is 0 Å². The van der Waals surface area contributed by atoms with Crippen LogP contribution in [0.25, 0.3) is 0 Å². The molecule has 1 saturated heterocycles. The van der Waals surface area contributed by atoms with Gasteiger partial charge in [-0.1, -0.05) is 19.0 Å². The number of hydrogen-bond donors (Lipinski definition) is 1. The molecular weight excluding hydrogens is 140 g/mol. The third kappa shape index (κ3) is 1.85. The first kappa shape index (κ1) is 8.37. The lowest BCUT2D eigenvalue weighted by atomic mass is 10.2. The average Bonchev–Trinajstić information content (AvgIpc) is 2.40. The van der Waals surface area contributed by atoms with Gasteiger partial charge >= 0.3 is 0 Å². The van der Waals surface area contributed by atoms with Gasteiger partial charge in [-0.05, 0) is 12.8 Å². The van der Waals surface area contributed by atoms with Gasteiger partial charge in [0.1, 0.15) is 5.84 Å². The maximum absolute atomic E-state index is 8.70. The number of nitrogens with zero attached hydrogens (tertiary/aromatic N) is 2. The van der Waals surface area contributed by atoms with Crippen molar-refractivity contribution in [1.82, 2.24) is 4.90 Å². The lowest BCUT2D eigenvalue weighted by molar-refractivity contribution is 0.299. The second-order valence-corrected chi connectivity index (χ2v) is 3.31. The summed E-state index contributed by atoms with van der Waals surface area (Å²) in [6.45, 7) is 6.20. The number of hydrogen-bond acceptors (Lipinski definition) is 2. The van der Waals surface area contributed by atoms with E-state index in [1.807, 2.05) is 13.8 Å². The highest BCUT2D eigenvalue weighted by Crippen LogP contribution is 2.12. The van der Waals surface area contributed by atoms with Gasteiger partial charge in [-0.2, -0.15) is 0 Å². The Bertz CT molecular complexity index is 148. The SMILES string of the molecule is CC(C)/C(=N/O)N1CCCC1. The summed E-state index contributed by atoms with van der Waals surface area (Å²) < 4.78 is 0. The Kier molecular flexibility index (Phi) is 2.74. The van der Waals surface area contributed by atoms with Crippen LogP contribution in [0.3, 0.4) is 0 Å². The summed E-state index contributed by atoms with van der Waals surface area (Å²) in [5.41, 5.74) is 0. The van der Waals surface area contributed by atoms with Crippen LogP contribution in [0, 0.1) is 5.92 Å². The van der Waals surface area contributed by atoms with Crippen molar-refractivity contribution >= 4 is 5.84 Å². The lowest BCUT2D eigenvalue weighted by Crippen LogP contribution is -2.31. The van der Waals surface area contributed by atoms with Crippen molar-refractivity contribution in [2.75, 3.05) is 13.1 Å². The van der Waals surface area contributed by atoms with Crippen molar-refractivity contribution in [3.8, 4) is 0 Å². The van der Waals surface area contributed by atoms with Crippen LogP contribution in [0.4, 0.5) is 0 Å². The predicted octanol–water partition coefficient (Wildman–Crippen LogP) is 1.53. The van der Waals surface area contributed by atoms with E-state index in [-0.39, 0.29) is 0 Å². The molecule has 1 aliphatic heterocycles. The Morgan fingerprint density at radius 3 is 2.27 bits per heavy atom. The van der Waals surface area contributed by atoms with Crippen LogP contribution >= 0.6 is 0 Å². The molecule has 3 nitrogen and oxygen atoms in total. The molecule has 0 aromatic heterocycles. The van der Waals surface area contributed by atoms with E-state index in [0.717, 1.165) is 18.9 Å². The molecule has 0 saturated carbocycles. The maximum atomic E-state index is 8.70. The first-order valence-electron chi connectivity index (χ1n) is 4.22. The highest BCUT2D eigenvalue weighted by Gasteiger charge is 2.18. The van der Waals surface area contributed by atoms with Crippen molar-refractivity contribution in [3.05, 3.63) is 0 Å². The molecule has 0 unspecified atom stereocenters. The number of amidine groups is 1. The quantitative estimate of drug-likeness (QED) is 0.270. The molecule has 0 atom stereocenters. The van der Waals surface area contributed by atoms with E-state index in [0.29, 0.717) is 5.92 Å². The molecule has 0 spiro atoms. The molecule has 1 N–H and O–H groups in total. The Morgan fingerprint density at radius 2 is 1.91 bits per heavy atom. The van der Waals surface area contributed by atoms with Crippen molar-refractivity contribution in [2.45, 2.75) is 26.7 Å². The molecule has 64 valence electrons. The Morgan fingerprint density at radius 1 is 1.36 bits per heavy atom. The van der Waals surface area contributed by atoms with Crippen LogP contribution < -0.4 is 0 Å². The van der Waals surface area contributed by atoms with Gasteiger partial charge < -0.3 is 10.1 Å². The van der Waals surface area contributed by atoms with E-state index in [4.69, 9.17) is 5.21 Å². The third-order valence-electron chi connectivity index (χ3n) is 2.05. The minimum atomic E-state index is 0.332. The smallest absolute Gasteiger partial charge is 0.146 e. The fraction of sp³-hybridized carbons (Fsp3) is 0.875. The summed E-state index contributed by atoms with van der Waals surface area (Å²) in [7, 11) is 0. The van der Waals surface area contributed by atoms with Gasteiger partial charge in [0.15, 0.2) is 0 Å². The van der Waals surface area contributed by atoms with Crippen LogP contribution in [0.2, 0.25) is 0 Å². The molecule has 0 aromatic rings. The lowest BCUT2D eigenvalue weighted by Gasteiger charge is -2.20. The minimum absolute atomic E-state index is 0.332. The van der Waals surface area contributed by atoms with E-state index in [1.165, 1.54) is 12.8 Å². The fourth-order valence-electron chi connectivity index (χ4n) is 1.49. The Balaban J connectivity index is 2.54. The molecule has 0 radical (unpaired) electrons. The average molecular weight is 156 g/mol. The second kappa shape index (κ2) is 3.60. The van der Waals surface area contributed by atoms with Crippen molar-refractivity contribution < 1.29 is 5.21 Å². The fourth-order valence-corrected chi connectivity index (χ4v) is 1.49. The third-order valence-corrected chi connectivity index (χ3v) is 2.05. The van der Waals surface area contributed by atoms with Crippen molar-refractivity contribution in [3.63, 3.8) is 0 Å². The first-order chi connectivity index (χ1) is 5.25. The highest BCUT2D eigenvalue weighted by atomic mass is 16.4. The van der Waals surface area contributed by atoms with E-state index in [1.54, 1.807) is 0 Å². The summed E-state index contributed by atoms with van der Waals surface area (Å²) in [5, 5.41) is 12.0. The van der Waals surface area contributed by atoms with Crippen LogP contribution in [-0.4, -0.2) is 29.0 Å². The monoisotopic (exact) mass is 156 g/mol. The van der Waals surface area contributed by atoms with Crippen molar-refractivity contribution in [1.29, 1.82) is 0 Å². The summed E-state index contributed by atoms with van der Waals surface area (Å²) in [5.74, 6) is 1.17. The van der Waals surface area contributed by atoms with Crippen LogP contribution in [0.15, 0.2) is 5.16 Å². The van der Waals surface area contributed by atoms with Gasteiger partial charge in [0.25, 0.3) is 0 Å². The van der Waals surface area contributed by atoms with E-state index in [9.17, 15) is 0 Å². The second-order valence-electron chi connectivity index (χ2n) is 3.31. The zero-order valence-corrected chi connectivity index (χ0v) is 7.25. The molecule has 0 aromatic carbocycles. The Labute approximate surface area is 67.7 Å². The van der Waals surface area contributed by atoms with Crippen molar-refractivity contribution in [2.24, 2.45) is 11.1 Å². The van der Waals surface area contributed by atoms with Gasteiger partial charge in [-0.25, -0.2) is 0 Å². The van der Waals surface area contributed by atoms with E-state index < -0.39 is 0 Å². The summed E-state index contributed by atoms with van der Waals surface area (Å²) in [4.78, 5) is 2.16. The molecule has 1 rings (SSSR count). The zero-order chi connectivity index (χ0) is 8.27. The molecule has 0 aliphatic carbocycles. The molecule has 1 aliphatic rings. The topological polar surface area (TPSA) is 35.8 Å². The first-order valence-corrected chi connectivity index (χ1v) is 4.22. The van der Waals surface area contributed by atoms with Crippen LogP contribution in [0.5, 0.6) is 0 Å². The van der Waals surface area contributed by atoms with Gasteiger partial charge in [-0.3, -0.25) is 0 Å². The van der Waals surface area contributed by atoms with Crippen LogP contribution in [0.1, 0.15) is 26.7 Å². The summed E-state index contributed by atoms with van der Waals surface area (Å²) in [6, 6.07) is 0. The molecule has 1 heterocycles. The maximum Gasteiger partial charge on any atom is 0.146 e. The number of likely N-dealkylation sites (tertiary alicyclic amines) is 1. The van der Waals surface area contributed by atoms with E-state index in [2.05, 4.69) is 10.1 Å². The molecule has 0 amide bonds. The molecule has 1 fully saturated rings. The van der Waals surface area contributed by atoms with Crippen LogP contribution in [-0.2, 0) is 0 Å². The summed E-state index contributed by atoms with van der Waals surface area (Å²) >= 11 is 0. The standard InChI is InChI=1S/C8H16N2O/c1-7(2)8(9-11)10-5-3-4-6-10/h7,11H,3-6H2,1-2H3/b9-8-. The number of rotatable bonds is 1. The zero-order valence-electron chi connectivity index (χ0n) is 7.25. The molecular formula is C8H16N2O. The normalized spacial score (nSPS) is 19.9. The highest BCUT2D eigenvalue weighted by molar-refractivity contribution is 5.83. The number of oxime groups is 1. The van der Waals surface area contributed by atoms with Gasteiger partial charge in [-0.15, -0.1) is 0 Å².